The lowest BCUT2D eigenvalue weighted by Gasteiger charge is -2.08. The maximum atomic E-state index is 5.44. The van der Waals surface area contributed by atoms with Crippen molar-refractivity contribution in [2.24, 2.45) is 0 Å². The summed E-state index contributed by atoms with van der Waals surface area (Å²) in [6, 6.07) is 20.1. The summed E-state index contributed by atoms with van der Waals surface area (Å²) in [5.41, 5.74) is 2.16. The Morgan fingerprint density at radius 1 is 0.739 bits per heavy atom. The molecule has 0 amide bonds. The molecule has 0 spiro atoms. The largest absolute Gasteiger partial charge is 0.496 e. The second-order valence-corrected chi connectivity index (χ2v) is 4.94. The van der Waals surface area contributed by atoms with Crippen molar-refractivity contribution in [1.29, 1.82) is 0 Å². The van der Waals surface area contributed by atoms with Gasteiger partial charge >= 0.3 is 0 Å². The van der Waals surface area contributed by atoms with Crippen LogP contribution in [0.15, 0.2) is 72.8 Å². The summed E-state index contributed by atoms with van der Waals surface area (Å²) in [6.07, 6.45) is 4.08. The van der Waals surface area contributed by atoms with Crippen LogP contribution in [0, 0.1) is 0 Å². The Kier molecular flexibility index (Phi) is 6.95. The zero-order valence-corrected chi connectivity index (χ0v) is 13.7. The number of ether oxygens (including phenoxy) is 2. The minimum atomic E-state index is 0.723. The normalized spacial score (nSPS) is 12.1. The van der Waals surface area contributed by atoms with Crippen molar-refractivity contribution in [3.63, 3.8) is 0 Å². The highest BCUT2D eigenvalue weighted by Crippen LogP contribution is 2.14. The third-order valence-corrected chi connectivity index (χ3v) is 3.42. The van der Waals surface area contributed by atoms with Crippen molar-refractivity contribution in [3.05, 3.63) is 83.9 Å². The van der Waals surface area contributed by atoms with Gasteiger partial charge in [0.25, 0.3) is 0 Å². The topological polar surface area (TPSA) is 30.5 Å². The number of nitrogens with one attached hydrogen (secondary N) is 1. The Morgan fingerprint density at radius 3 is 1.48 bits per heavy atom. The summed E-state index contributed by atoms with van der Waals surface area (Å²) >= 11 is 0. The molecular weight excluding hydrogens is 286 g/mol. The van der Waals surface area contributed by atoms with E-state index in [1.165, 1.54) is 0 Å². The second kappa shape index (κ2) is 9.49. The first-order chi connectivity index (χ1) is 11.3. The van der Waals surface area contributed by atoms with Crippen LogP contribution < -0.4 is 5.32 Å². The number of hydrogen-bond acceptors (Lipinski definition) is 3. The summed E-state index contributed by atoms with van der Waals surface area (Å²) < 4.78 is 10.9. The van der Waals surface area contributed by atoms with E-state index in [1.54, 1.807) is 14.2 Å². The van der Waals surface area contributed by atoms with Crippen molar-refractivity contribution in [2.45, 2.75) is 0 Å². The van der Waals surface area contributed by atoms with Crippen molar-refractivity contribution >= 4 is 11.5 Å². The van der Waals surface area contributed by atoms with Crippen molar-refractivity contribution < 1.29 is 9.47 Å². The van der Waals surface area contributed by atoms with Gasteiger partial charge in [0, 0.05) is 24.2 Å². The highest BCUT2D eigenvalue weighted by Gasteiger charge is 2.00. The number of benzene rings is 2. The molecule has 0 radical (unpaired) electrons. The summed E-state index contributed by atoms with van der Waals surface area (Å²) in [5.74, 6) is 1.74. The highest BCUT2D eigenvalue weighted by atomic mass is 16.5. The molecule has 0 unspecified atom stereocenters. The van der Waals surface area contributed by atoms with Crippen LogP contribution in [-0.4, -0.2) is 27.3 Å². The molecule has 120 valence electrons. The highest BCUT2D eigenvalue weighted by molar-refractivity contribution is 5.60. The summed E-state index contributed by atoms with van der Waals surface area (Å²) in [6.45, 7) is 1.45. The van der Waals surface area contributed by atoms with Gasteiger partial charge in [-0.1, -0.05) is 60.7 Å². The number of methoxy groups -OCH3 is 2. The van der Waals surface area contributed by atoms with Crippen LogP contribution in [0.4, 0.5) is 0 Å². The fourth-order valence-corrected chi connectivity index (χ4v) is 2.26. The first kappa shape index (κ1) is 16.8. The second-order valence-electron chi connectivity index (χ2n) is 4.94. The van der Waals surface area contributed by atoms with E-state index >= 15 is 0 Å². The fourth-order valence-electron chi connectivity index (χ4n) is 2.26. The molecule has 2 aromatic rings. The first-order valence-corrected chi connectivity index (χ1v) is 7.65. The SMILES string of the molecule is COC(=CCNCC=C(OC)c1ccccc1)c1ccccc1. The Balaban J connectivity index is 1.89. The molecule has 2 aromatic carbocycles. The molecule has 0 bridgehead atoms. The molecule has 3 nitrogen and oxygen atoms in total. The third-order valence-electron chi connectivity index (χ3n) is 3.42. The molecule has 0 aromatic heterocycles. The maximum Gasteiger partial charge on any atom is 0.123 e. The molecular formula is C20H23NO2. The molecule has 23 heavy (non-hydrogen) atoms. The van der Waals surface area contributed by atoms with E-state index in [9.17, 15) is 0 Å². The van der Waals surface area contributed by atoms with Crippen LogP contribution in [-0.2, 0) is 9.47 Å². The number of rotatable bonds is 8. The van der Waals surface area contributed by atoms with Gasteiger partial charge in [0.15, 0.2) is 0 Å². The molecule has 2 rings (SSSR count). The molecule has 0 atom stereocenters. The lowest BCUT2D eigenvalue weighted by molar-refractivity contribution is 0.368. The molecule has 3 heteroatoms. The fraction of sp³-hybridized carbons (Fsp3) is 0.200. The van der Waals surface area contributed by atoms with E-state index in [0.29, 0.717) is 0 Å². The zero-order chi connectivity index (χ0) is 16.3. The third kappa shape index (κ3) is 5.31. The van der Waals surface area contributed by atoms with Crippen molar-refractivity contribution in [3.8, 4) is 0 Å². The molecule has 0 fully saturated rings. The van der Waals surface area contributed by atoms with Gasteiger partial charge in [0.2, 0.25) is 0 Å². The van der Waals surface area contributed by atoms with Gasteiger partial charge in [-0.25, -0.2) is 0 Å². The minimum Gasteiger partial charge on any atom is -0.496 e. The van der Waals surface area contributed by atoms with Crippen LogP contribution in [0.5, 0.6) is 0 Å². The lowest BCUT2D eigenvalue weighted by atomic mass is 10.2. The molecule has 0 aliphatic heterocycles. The first-order valence-electron chi connectivity index (χ1n) is 7.65. The van der Waals surface area contributed by atoms with Gasteiger partial charge in [-0.05, 0) is 12.2 Å². The van der Waals surface area contributed by atoms with E-state index in [-0.39, 0.29) is 0 Å². The van der Waals surface area contributed by atoms with Gasteiger partial charge < -0.3 is 14.8 Å². The molecule has 0 aliphatic rings. The molecule has 1 N–H and O–H groups in total. The van der Waals surface area contributed by atoms with Crippen LogP contribution in [0.25, 0.3) is 11.5 Å². The smallest absolute Gasteiger partial charge is 0.123 e. The quantitative estimate of drug-likeness (QED) is 0.591. The van der Waals surface area contributed by atoms with Gasteiger partial charge in [0.1, 0.15) is 11.5 Å². The average molecular weight is 309 g/mol. The molecule has 0 heterocycles. The van der Waals surface area contributed by atoms with Crippen molar-refractivity contribution in [2.75, 3.05) is 27.3 Å². The van der Waals surface area contributed by atoms with Crippen molar-refractivity contribution in [1.82, 2.24) is 5.32 Å². The van der Waals surface area contributed by atoms with E-state index in [1.807, 2.05) is 72.8 Å². The standard InChI is InChI=1S/C20H23NO2/c1-22-19(17-9-5-3-6-10-17)13-15-21-16-14-20(23-2)18-11-7-4-8-12-18/h3-14,21H,15-16H2,1-2H3. The van der Waals surface area contributed by atoms with Crippen LogP contribution in [0.3, 0.4) is 0 Å². The minimum absolute atomic E-state index is 0.723. The Bertz CT molecular complexity index is 576. The predicted octanol–water partition coefficient (Wildman–Crippen LogP) is 3.95. The van der Waals surface area contributed by atoms with E-state index in [2.05, 4.69) is 5.32 Å². The molecule has 0 aliphatic carbocycles. The van der Waals surface area contributed by atoms with Gasteiger partial charge in [-0.2, -0.15) is 0 Å². The summed E-state index contributed by atoms with van der Waals surface area (Å²) in [7, 11) is 3.38. The Morgan fingerprint density at radius 2 is 1.13 bits per heavy atom. The lowest BCUT2D eigenvalue weighted by Crippen LogP contribution is -2.14. The monoisotopic (exact) mass is 309 g/mol. The van der Waals surface area contributed by atoms with Gasteiger partial charge in [-0.3, -0.25) is 0 Å². The Hall–Kier alpha value is -2.52. The van der Waals surface area contributed by atoms with Gasteiger partial charge in [-0.15, -0.1) is 0 Å². The predicted molar refractivity (Wildman–Crippen MR) is 95.7 cm³/mol. The average Bonchev–Trinajstić information content (AvgIpc) is 2.63. The van der Waals surface area contributed by atoms with Crippen LogP contribution in [0.1, 0.15) is 11.1 Å². The molecule has 0 saturated carbocycles. The van der Waals surface area contributed by atoms with Gasteiger partial charge in [0.05, 0.1) is 14.2 Å². The summed E-state index contributed by atoms with van der Waals surface area (Å²) in [4.78, 5) is 0. The van der Waals surface area contributed by atoms with E-state index in [0.717, 1.165) is 35.7 Å². The maximum absolute atomic E-state index is 5.44. The zero-order valence-electron chi connectivity index (χ0n) is 13.7. The van der Waals surface area contributed by atoms with Crippen LogP contribution in [0.2, 0.25) is 0 Å². The van der Waals surface area contributed by atoms with E-state index in [4.69, 9.17) is 9.47 Å². The Labute approximate surface area is 138 Å². The van der Waals surface area contributed by atoms with Crippen LogP contribution >= 0.6 is 0 Å². The number of hydrogen-bond donors (Lipinski definition) is 1. The molecule has 0 saturated heterocycles. The summed E-state index contributed by atoms with van der Waals surface area (Å²) in [5, 5.41) is 3.34. The van der Waals surface area contributed by atoms with E-state index < -0.39 is 0 Å².